The summed E-state index contributed by atoms with van der Waals surface area (Å²) in [5.41, 5.74) is 3.48. The number of benzene rings is 3. The molecule has 3 aromatic carbocycles. The van der Waals surface area contributed by atoms with E-state index in [0.29, 0.717) is 0 Å². The molecule has 1 heterocycles. The van der Waals surface area contributed by atoms with Gasteiger partial charge in [0.2, 0.25) is 0 Å². The Kier molecular flexibility index (Phi) is 4.28. The fourth-order valence-electron chi connectivity index (χ4n) is 2.65. The summed E-state index contributed by atoms with van der Waals surface area (Å²) >= 11 is 0.222. The normalized spacial score (nSPS) is 10.7. The van der Waals surface area contributed by atoms with Crippen LogP contribution in [0.3, 0.4) is 0 Å². The van der Waals surface area contributed by atoms with Crippen LogP contribution in [0.25, 0.3) is 16.9 Å². The standard InChI is InChI=1S/C21H16N2Se/c1-4-10-17(11-5-1)21-20(24-19-14-8-3-9-15-19)16-22-23(21)18-12-6-2-7-13-18/h1-16H. The maximum atomic E-state index is 4.69. The van der Waals surface area contributed by atoms with Crippen molar-refractivity contribution in [2.75, 3.05) is 0 Å². The van der Waals surface area contributed by atoms with Gasteiger partial charge in [0.15, 0.2) is 0 Å². The van der Waals surface area contributed by atoms with Gasteiger partial charge >= 0.3 is 148 Å². The van der Waals surface area contributed by atoms with Crippen LogP contribution in [0.4, 0.5) is 0 Å². The van der Waals surface area contributed by atoms with Crippen LogP contribution in [0.2, 0.25) is 0 Å². The molecule has 0 bridgehead atoms. The van der Waals surface area contributed by atoms with Crippen LogP contribution < -0.4 is 8.92 Å². The molecule has 0 saturated carbocycles. The first-order chi connectivity index (χ1) is 11.9. The van der Waals surface area contributed by atoms with Crippen molar-refractivity contribution in [3.63, 3.8) is 0 Å². The molecule has 0 aliphatic heterocycles. The van der Waals surface area contributed by atoms with Crippen molar-refractivity contribution in [2.45, 2.75) is 0 Å². The molecule has 3 heteroatoms. The van der Waals surface area contributed by atoms with E-state index in [1.165, 1.54) is 20.2 Å². The Morgan fingerprint density at radius 3 is 1.92 bits per heavy atom. The average Bonchev–Trinajstić information content (AvgIpc) is 3.07. The molecule has 4 aromatic rings. The molecule has 0 radical (unpaired) electrons. The molecular formula is C21H16N2Se. The second-order valence-corrected chi connectivity index (χ2v) is 7.73. The summed E-state index contributed by atoms with van der Waals surface area (Å²) < 4.78 is 4.70. The fraction of sp³-hybridized carbons (Fsp3) is 0. The first-order valence-electron chi connectivity index (χ1n) is 7.83. The van der Waals surface area contributed by atoms with Crippen LogP contribution in [-0.4, -0.2) is 24.7 Å². The summed E-state index contributed by atoms with van der Waals surface area (Å²) in [5.74, 6) is 0. The van der Waals surface area contributed by atoms with Crippen molar-refractivity contribution in [3.05, 3.63) is 97.2 Å². The molecule has 1 aromatic heterocycles. The number of nitrogens with zero attached hydrogens (tertiary/aromatic N) is 2. The predicted octanol–water partition coefficient (Wildman–Crippen LogP) is 3.19. The topological polar surface area (TPSA) is 17.8 Å². The SMILES string of the molecule is c1ccc([Se]c2cnn(-c3ccccc3)c2-c2ccccc2)cc1. The third-order valence-corrected chi connectivity index (χ3v) is 5.91. The molecule has 24 heavy (non-hydrogen) atoms. The Morgan fingerprint density at radius 2 is 1.25 bits per heavy atom. The van der Waals surface area contributed by atoms with Gasteiger partial charge < -0.3 is 0 Å². The van der Waals surface area contributed by atoms with Crippen molar-refractivity contribution in [3.8, 4) is 16.9 Å². The van der Waals surface area contributed by atoms with E-state index in [4.69, 9.17) is 5.10 Å². The van der Waals surface area contributed by atoms with Crippen LogP contribution in [0.1, 0.15) is 0 Å². The zero-order valence-electron chi connectivity index (χ0n) is 13.0. The first kappa shape index (κ1) is 14.9. The molecule has 0 aliphatic carbocycles. The quantitative estimate of drug-likeness (QED) is 0.501. The van der Waals surface area contributed by atoms with Crippen molar-refractivity contribution in [2.24, 2.45) is 0 Å². The van der Waals surface area contributed by atoms with Gasteiger partial charge in [-0.2, -0.15) is 0 Å². The van der Waals surface area contributed by atoms with Crippen molar-refractivity contribution >= 4 is 23.9 Å². The number of hydrogen-bond acceptors (Lipinski definition) is 1. The maximum absolute atomic E-state index is 4.69. The van der Waals surface area contributed by atoms with Gasteiger partial charge in [0.25, 0.3) is 0 Å². The monoisotopic (exact) mass is 376 g/mol. The number of rotatable bonds is 4. The Balaban J connectivity index is 1.84. The van der Waals surface area contributed by atoms with Crippen molar-refractivity contribution in [1.29, 1.82) is 0 Å². The van der Waals surface area contributed by atoms with Gasteiger partial charge in [0.1, 0.15) is 0 Å². The summed E-state index contributed by atoms with van der Waals surface area (Å²) in [6.45, 7) is 0. The molecule has 0 spiro atoms. The number of para-hydroxylation sites is 1. The van der Waals surface area contributed by atoms with Crippen LogP contribution in [0, 0.1) is 0 Å². The van der Waals surface area contributed by atoms with Gasteiger partial charge in [-0.05, 0) is 0 Å². The van der Waals surface area contributed by atoms with Gasteiger partial charge in [-0.25, -0.2) is 0 Å². The Bertz CT molecular complexity index is 916. The molecule has 0 unspecified atom stereocenters. The zero-order valence-corrected chi connectivity index (χ0v) is 14.8. The molecule has 0 aliphatic rings. The van der Waals surface area contributed by atoms with E-state index >= 15 is 0 Å². The molecule has 0 saturated heterocycles. The average molecular weight is 375 g/mol. The molecular weight excluding hydrogens is 359 g/mol. The second kappa shape index (κ2) is 6.88. The van der Waals surface area contributed by atoms with E-state index in [1.54, 1.807) is 0 Å². The van der Waals surface area contributed by atoms with Crippen LogP contribution in [-0.2, 0) is 0 Å². The van der Waals surface area contributed by atoms with Gasteiger partial charge in [0.05, 0.1) is 0 Å². The molecule has 116 valence electrons. The van der Waals surface area contributed by atoms with Crippen molar-refractivity contribution < 1.29 is 0 Å². The van der Waals surface area contributed by atoms with Crippen LogP contribution >= 0.6 is 0 Å². The zero-order chi connectivity index (χ0) is 16.2. The Hall–Kier alpha value is -2.61. The van der Waals surface area contributed by atoms with E-state index in [0.717, 1.165) is 5.69 Å². The molecule has 0 fully saturated rings. The van der Waals surface area contributed by atoms with E-state index in [9.17, 15) is 0 Å². The van der Waals surface area contributed by atoms with Crippen LogP contribution in [0.15, 0.2) is 97.2 Å². The number of hydrogen-bond donors (Lipinski definition) is 0. The summed E-state index contributed by atoms with van der Waals surface area (Å²) in [4.78, 5) is 0. The summed E-state index contributed by atoms with van der Waals surface area (Å²) in [7, 11) is 0. The predicted molar refractivity (Wildman–Crippen MR) is 100 cm³/mol. The molecule has 0 N–H and O–H groups in total. The second-order valence-electron chi connectivity index (χ2n) is 5.39. The molecule has 4 rings (SSSR count). The first-order valence-corrected chi connectivity index (χ1v) is 9.55. The van der Waals surface area contributed by atoms with Crippen molar-refractivity contribution in [1.82, 2.24) is 9.78 Å². The van der Waals surface area contributed by atoms with E-state index < -0.39 is 0 Å². The van der Waals surface area contributed by atoms with E-state index in [1.807, 2.05) is 24.4 Å². The van der Waals surface area contributed by atoms with E-state index in [-0.39, 0.29) is 15.0 Å². The van der Waals surface area contributed by atoms with E-state index in [2.05, 4.69) is 77.5 Å². The Morgan fingerprint density at radius 1 is 0.667 bits per heavy atom. The molecule has 0 atom stereocenters. The van der Waals surface area contributed by atoms with Gasteiger partial charge in [0, 0.05) is 0 Å². The van der Waals surface area contributed by atoms with Crippen LogP contribution in [0.5, 0.6) is 0 Å². The minimum absolute atomic E-state index is 0.222. The summed E-state index contributed by atoms with van der Waals surface area (Å²) in [6, 6.07) is 31.5. The number of aromatic nitrogens is 2. The fourth-order valence-corrected chi connectivity index (χ4v) is 4.64. The summed E-state index contributed by atoms with van der Waals surface area (Å²) in [5, 5.41) is 4.69. The van der Waals surface area contributed by atoms with Gasteiger partial charge in [-0.3, -0.25) is 0 Å². The third-order valence-electron chi connectivity index (χ3n) is 3.75. The van der Waals surface area contributed by atoms with Gasteiger partial charge in [-0.1, -0.05) is 0 Å². The Labute approximate surface area is 147 Å². The minimum atomic E-state index is 0.222. The summed E-state index contributed by atoms with van der Waals surface area (Å²) in [6.07, 6.45) is 2.02. The molecule has 0 amide bonds. The third kappa shape index (κ3) is 3.05. The van der Waals surface area contributed by atoms with Gasteiger partial charge in [-0.15, -0.1) is 0 Å². The molecule has 2 nitrogen and oxygen atoms in total.